The number of amides is 1. The summed E-state index contributed by atoms with van der Waals surface area (Å²) in [5.41, 5.74) is 11.6. The van der Waals surface area contributed by atoms with Gasteiger partial charge in [-0.3, -0.25) is 9.48 Å². The zero-order valence-corrected chi connectivity index (χ0v) is 21.3. The third kappa shape index (κ3) is 4.55. The van der Waals surface area contributed by atoms with Crippen LogP contribution in [0.2, 0.25) is 0 Å². The van der Waals surface area contributed by atoms with E-state index in [4.69, 9.17) is 10.7 Å². The number of fused-ring (bicyclic) bond motifs is 2. The number of hydrogen-bond acceptors (Lipinski definition) is 6. The van der Waals surface area contributed by atoms with Crippen molar-refractivity contribution in [2.75, 3.05) is 5.73 Å². The molecule has 2 aromatic carbocycles. The number of carbonyl (C=O) groups is 1. The topological polar surface area (TPSA) is 116 Å². The van der Waals surface area contributed by atoms with Crippen LogP contribution in [0.25, 0.3) is 27.7 Å². The van der Waals surface area contributed by atoms with Gasteiger partial charge in [-0.05, 0) is 48.7 Å². The summed E-state index contributed by atoms with van der Waals surface area (Å²) in [4.78, 5) is 22.7. The maximum absolute atomic E-state index is 13.4. The third-order valence-electron chi connectivity index (χ3n) is 6.42. The van der Waals surface area contributed by atoms with Crippen LogP contribution in [0.5, 0.6) is 0 Å². The van der Waals surface area contributed by atoms with Gasteiger partial charge in [-0.1, -0.05) is 42.3 Å². The standard InChI is InChI=1S/C30H24N8O/c1-19(33-30(39)26-28(31)36-38-16-7-15-32-29(26)38)27-24(20-8-4-3-5-9-20)18-23-21(10-6-11-25(23)34-27)12-13-22-14-17-37(2)35-22/h3-11,14-19H,1-2H3,(H2,31,36)(H,33,39). The number of anilines is 1. The summed E-state index contributed by atoms with van der Waals surface area (Å²) < 4.78 is 3.22. The lowest BCUT2D eigenvalue weighted by Gasteiger charge is -2.19. The molecule has 1 atom stereocenters. The third-order valence-corrected chi connectivity index (χ3v) is 6.42. The second kappa shape index (κ2) is 9.76. The van der Waals surface area contributed by atoms with Gasteiger partial charge in [0.15, 0.2) is 11.5 Å². The maximum Gasteiger partial charge on any atom is 0.259 e. The molecule has 6 aromatic rings. The molecule has 0 spiro atoms. The van der Waals surface area contributed by atoms with Crippen molar-refractivity contribution in [1.82, 2.24) is 34.7 Å². The second-order valence-electron chi connectivity index (χ2n) is 9.13. The molecule has 0 radical (unpaired) electrons. The van der Waals surface area contributed by atoms with Crippen molar-refractivity contribution in [2.24, 2.45) is 7.05 Å². The van der Waals surface area contributed by atoms with Gasteiger partial charge in [0.05, 0.1) is 17.3 Å². The molecule has 1 unspecified atom stereocenters. The number of hydrogen-bond donors (Lipinski definition) is 2. The van der Waals surface area contributed by atoms with Crippen LogP contribution in [0.1, 0.15) is 40.3 Å². The molecule has 0 fully saturated rings. The van der Waals surface area contributed by atoms with Crippen molar-refractivity contribution in [3.8, 4) is 23.0 Å². The Hall–Kier alpha value is -5.49. The lowest BCUT2D eigenvalue weighted by atomic mass is 9.96. The zero-order chi connectivity index (χ0) is 26.9. The Balaban J connectivity index is 1.43. The lowest BCUT2D eigenvalue weighted by Crippen LogP contribution is -2.28. The average Bonchev–Trinajstić information content (AvgIpc) is 3.52. The first-order chi connectivity index (χ1) is 19.0. The van der Waals surface area contributed by atoms with Crippen molar-refractivity contribution >= 4 is 28.3 Å². The summed E-state index contributed by atoms with van der Waals surface area (Å²) >= 11 is 0. The SMILES string of the molecule is CC(NC(=O)c1c(N)nn2cccnc12)c1nc2cccc(C#Cc3ccn(C)n3)c2cc1-c1ccccc1. The van der Waals surface area contributed by atoms with Gasteiger partial charge < -0.3 is 11.1 Å². The van der Waals surface area contributed by atoms with Gasteiger partial charge in [0, 0.05) is 42.2 Å². The van der Waals surface area contributed by atoms with Gasteiger partial charge in [-0.25, -0.2) is 14.5 Å². The number of benzene rings is 2. The fourth-order valence-corrected chi connectivity index (χ4v) is 4.57. The molecule has 0 saturated carbocycles. The van der Waals surface area contributed by atoms with E-state index < -0.39 is 6.04 Å². The van der Waals surface area contributed by atoms with E-state index in [-0.39, 0.29) is 17.3 Å². The van der Waals surface area contributed by atoms with Crippen LogP contribution in [0, 0.1) is 11.8 Å². The number of nitrogen functional groups attached to an aromatic ring is 1. The molecule has 190 valence electrons. The van der Waals surface area contributed by atoms with E-state index >= 15 is 0 Å². The molecule has 9 heteroatoms. The second-order valence-corrected chi connectivity index (χ2v) is 9.13. The number of nitrogens with zero attached hydrogens (tertiary/aromatic N) is 6. The first-order valence-electron chi connectivity index (χ1n) is 12.4. The summed E-state index contributed by atoms with van der Waals surface area (Å²) in [6.07, 6.45) is 5.16. The number of rotatable bonds is 4. The maximum atomic E-state index is 13.4. The number of aryl methyl sites for hydroxylation is 1. The highest BCUT2D eigenvalue weighted by Gasteiger charge is 2.23. The van der Waals surface area contributed by atoms with E-state index in [0.29, 0.717) is 11.3 Å². The molecule has 9 nitrogen and oxygen atoms in total. The normalized spacial score (nSPS) is 11.7. The highest BCUT2D eigenvalue weighted by Crippen LogP contribution is 2.32. The van der Waals surface area contributed by atoms with Crippen LogP contribution in [0.4, 0.5) is 5.82 Å². The first kappa shape index (κ1) is 23.9. The summed E-state index contributed by atoms with van der Waals surface area (Å²) in [6, 6.07) is 21.1. The quantitative estimate of drug-likeness (QED) is 0.343. The van der Waals surface area contributed by atoms with Crippen LogP contribution in [0.3, 0.4) is 0 Å². The largest absolute Gasteiger partial charge is 0.381 e. The molecule has 1 amide bonds. The minimum Gasteiger partial charge on any atom is -0.381 e. The number of nitrogens with two attached hydrogens (primary N) is 1. The Labute approximate surface area is 224 Å². The Bertz CT molecular complexity index is 1910. The molecule has 0 aliphatic carbocycles. The van der Waals surface area contributed by atoms with Crippen molar-refractivity contribution in [3.63, 3.8) is 0 Å². The van der Waals surface area contributed by atoms with Crippen LogP contribution >= 0.6 is 0 Å². The molecule has 0 saturated heterocycles. The molecule has 3 N–H and O–H groups in total. The molecule has 6 rings (SSSR count). The van der Waals surface area contributed by atoms with Gasteiger partial charge in [-0.2, -0.15) is 5.10 Å². The molecule has 4 aromatic heterocycles. The molecule has 0 aliphatic rings. The molecule has 0 aliphatic heterocycles. The summed E-state index contributed by atoms with van der Waals surface area (Å²) in [7, 11) is 1.86. The Morgan fingerprint density at radius 3 is 2.64 bits per heavy atom. The number of pyridine rings is 1. The smallest absolute Gasteiger partial charge is 0.259 e. The molecule has 0 bridgehead atoms. The van der Waals surface area contributed by atoms with Gasteiger partial charge in [0.1, 0.15) is 11.3 Å². The average molecular weight is 513 g/mol. The zero-order valence-electron chi connectivity index (χ0n) is 21.3. The Kier molecular flexibility index (Phi) is 5.98. The molecule has 4 heterocycles. The summed E-state index contributed by atoms with van der Waals surface area (Å²) in [5.74, 6) is 6.14. The summed E-state index contributed by atoms with van der Waals surface area (Å²) in [6.45, 7) is 1.90. The van der Waals surface area contributed by atoms with Crippen LogP contribution in [0.15, 0.2) is 85.3 Å². The number of carbonyl (C=O) groups excluding carboxylic acids is 1. The minimum atomic E-state index is -0.446. The van der Waals surface area contributed by atoms with Crippen molar-refractivity contribution < 1.29 is 4.79 Å². The van der Waals surface area contributed by atoms with Crippen molar-refractivity contribution in [3.05, 3.63) is 108 Å². The van der Waals surface area contributed by atoms with Gasteiger partial charge in [-0.15, -0.1) is 5.10 Å². The molecular formula is C30H24N8O. The highest BCUT2D eigenvalue weighted by atomic mass is 16.1. The minimum absolute atomic E-state index is 0.115. The molecule has 39 heavy (non-hydrogen) atoms. The molecular weight excluding hydrogens is 488 g/mol. The van der Waals surface area contributed by atoms with E-state index in [1.165, 1.54) is 4.52 Å². The van der Waals surface area contributed by atoms with Gasteiger partial charge >= 0.3 is 0 Å². The Morgan fingerprint density at radius 2 is 1.85 bits per heavy atom. The van der Waals surface area contributed by atoms with Crippen LogP contribution < -0.4 is 11.1 Å². The van der Waals surface area contributed by atoms with E-state index in [1.54, 1.807) is 23.1 Å². The summed E-state index contributed by atoms with van der Waals surface area (Å²) in [5, 5.41) is 12.5. The predicted molar refractivity (Wildman–Crippen MR) is 150 cm³/mol. The van der Waals surface area contributed by atoms with Gasteiger partial charge in [0.2, 0.25) is 0 Å². The van der Waals surface area contributed by atoms with E-state index in [9.17, 15) is 4.79 Å². The van der Waals surface area contributed by atoms with E-state index in [1.807, 2.05) is 74.8 Å². The van der Waals surface area contributed by atoms with Crippen molar-refractivity contribution in [2.45, 2.75) is 13.0 Å². The van der Waals surface area contributed by atoms with Crippen LogP contribution in [-0.4, -0.2) is 35.3 Å². The van der Waals surface area contributed by atoms with E-state index in [0.717, 1.165) is 33.3 Å². The fourth-order valence-electron chi connectivity index (χ4n) is 4.57. The fraction of sp³-hybridized carbons (Fsp3) is 0.100. The first-order valence-corrected chi connectivity index (χ1v) is 12.4. The van der Waals surface area contributed by atoms with Gasteiger partial charge in [0.25, 0.3) is 5.91 Å². The van der Waals surface area contributed by atoms with E-state index in [2.05, 4.69) is 38.4 Å². The number of aromatic nitrogens is 6. The predicted octanol–water partition coefficient (Wildman–Crippen LogP) is 4.15. The van der Waals surface area contributed by atoms with Crippen LogP contribution in [-0.2, 0) is 7.05 Å². The Morgan fingerprint density at radius 1 is 1.00 bits per heavy atom. The monoisotopic (exact) mass is 512 g/mol. The van der Waals surface area contributed by atoms with Crippen molar-refractivity contribution in [1.29, 1.82) is 0 Å². The highest BCUT2D eigenvalue weighted by molar-refractivity contribution is 6.04. The lowest BCUT2D eigenvalue weighted by molar-refractivity contribution is 0.0941. The number of nitrogens with one attached hydrogen (secondary N) is 1.